The van der Waals surface area contributed by atoms with Gasteiger partial charge in [0.1, 0.15) is 0 Å². The van der Waals surface area contributed by atoms with Crippen molar-refractivity contribution in [3.8, 4) is 55.9 Å². The maximum Gasteiger partial charge on any atom is 0.0726 e. The fourth-order valence-electron chi connectivity index (χ4n) is 17.7. The lowest BCUT2D eigenvalue weighted by Crippen LogP contribution is -2.26. The van der Waals surface area contributed by atoms with E-state index in [1.807, 2.05) is 0 Å². The molecule has 15 aromatic carbocycles. The van der Waals surface area contributed by atoms with Gasteiger partial charge in [0.15, 0.2) is 0 Å². The Morgan fingerprint density at radius 1 is 0.190 bits per heavy atom. The van der Waals surface area contributed by atoms with E-state index in [0.29, 0.717) is 0 Å². The molecule has 0 bridgehead atoms. The summed E-state index contributed by atoms with van der Waals surface area (Å²) in [6.07, 6.45) is 0. The second-order valence-electron chi connectivity index (χ2n) is 24.0. The Morgan fingerprint density at radius 3 is 0.881 bits per heavy atom. The molecule has 21 rings (SSSR count). The number of hydrogen-bond donors (Lipinski definition) is 0. The molecule has 2 unspecified atom stereocenters. The molecule has 384 valence electrons. The summed E-state index contributed by atoms with van der Waals surface area (Å²) in [5.41, 5.74) is 27.4. The van der Waals surface area contributed by atoms with E-state index in [9.17, 15) is 0 Å². The lowest BCUT2D eigenvalue weighted by atomic mass is 9.69. The number of hydrogen-bond acceptors (Lipinski definition) is 0. The molecule has 2 heteroatoms. The highest BCUT2D eigenvalue weighted by atomic mass is 15.0. The SMILES string of the molecule is c1ccc2c(c1)-c1ccc(-n3c4ccccc4c4ccccc43)cc1C21c2ccccc2-c2c1cc1c3cccc4c5c(cc(c6cccc2c61)c43)C1(c2ccccc2-c2ccc(-n3c4ccccc4c4ccccc43)cc21)c1ccccc1-5. The summed E-state index contributed by atoms with van der Waals surface area (Å²) in [4.78, 5) is 0. The van der Waals surface area contributed by atoms with E-state index in [0.717, 1.165) is 0 Å². The third-order valence-electron chi connectivity index (χ3n) is 20.6. The van der Waals surface area contributed by atoms with Crippen molar-refractivity contribution in [2.75, 3.05) is 0 Å². The number of benzene rings is 15. The Balaban J connectivity index is 0.867. The van der Waals surface area contributed by atoms with Crippen LogP contribution in [0.3, 0.4) is 0 Å². The van der Waals surface area contributed by atoms with Gasteiger partial charge < -0.3 is 9.13 Å². The lowest BCUT2D eigenvalue weighted by Gasteiger charge is -2.32. The summed E-state index contributed by atoms with van der Waals surface area (Å²) in [6.45, 7) is 0. The van der Waals surface area contributed by atoms with E-state index in [-0.39, 0.29) is 0 Å². The molecule has 0 amide bonds. The van der Waals surface area contributed by atoms with Gasteiger partial charge in [-0.1, -0.05) is 218 Å². The molecule has 2 aromatic heterocycles. The minimum absolute atomic E-state index is 0.577. The molecule has 0 radical (unpaired) electrons. The van der Waals surface area contributed by atoms with Crippen LogP contribution in [0.25, 0.3) is 143 Å². The minimum atomic E-state index is -0.577. The Labute approximate surface area is 483 Å². The van der Waals surface area contributed by atoms with Crippen LogP contribution in [0, 0.1) is 0 Å². The largest absolute Gasteiger partial charge is 0.309 e. The third-order valence-corrected chi connectivity index (χ3v) is 20.6. The summed E-state index contributed by atoms with van der Waals surface area (Å²) in [5.74, 6) is 0. The van der Waals surface area contributed by atoms with Crippen molar-refractivity contribution in [3.63, 3.8) is 0 Å². The monoisotopic (exact) mass is 1060 g/mol. The maximum absolute atomic E-state index is 2.65. The van der Waals surface area contributed by atoms with Crippen LogP contribution in [0.15, 0.2) is 279 Å². The van der Waals surface area contributed by atoms with Crippen molar-refractivity contribution >= 4 is 86.7 Å². The number of fused-ring (bicyclic) bond motifs is 30. The molecular weight excluding hydrogens is 1010 g/mol. The van der Waals surface area contributed by atoms with Gasteiger partial charge in [0, 0.05) is 32.9 Å². The normalized spacial score (nSPS) is 16.7. The van der Waals surface area contributed by atoms with Crippen LogP contribution in [-0.2, 0) is 10.8 Å². The first kappa shape index (κ1) is 43.9. The summed E-state index contributed by atoms with van der Waals surface area (Å²) in [6, 6.07) is 107. The van der Waals surface area contributed by atoms with Crippen LogP contribution in [0.1, 0.15) is 44.5 Å². The van der Waals surface area contributed by atoms with Gasteiger partial charge in [-0.05, 0) is 193 Å². The average molecular weight is 1060 g/mol. The molecule has 17 aromatic rings. The molecule has 0 N–H and O–H groups in total. The number of aromatic nitrogens is 2. The van der Waals surface area contributed by atoms with Gasteiger partial charge in [-0.2, -0.15) is 0 Å². The standard InChI is InChI=1S/C82H46N2/c1-9-31-65-49(19-1)51-41-39-47(83-73-35-13-5-21-53(73)54-22-6-14-36-74(54)83)43-69(51)81(65)67-33-11-3-25-59(67)79-61-29-17-28-58-64-46-72-80(62-30-18-27-57(78(62)64)63(77(58)61)45-71(79)81)60-26-4-12-34-68(60)82(72)66-32-10-2-20-50(66)52-42-40-48(44-70(52)82)84-75-37-15-7-23-55(75)56-24-8-16-38-76(56)84/h1-46H. The van der Waals surface area contributed by atoms with Gasteiger partial charge in [0.25, 0.3) is 0 Å². The summed E-state index contributed by atoms with van der Waals surface area (Å²) in [7, 11) is 0. The molecule has 0 saturated carbocycles. The van der Waals surface area contributed by atoms with Crippen LogP contribution in [0.5, 0.6) is 0 Å². The van der Waals surface area contributed by atoms with Crippen molar-refractivity contribution < 1.29 is 0 Å². The maximum atomic E-state index is 2.65. The molecular formula is C82H46N2. The van der Waals surface area contributed by atoms with Gasteiger partial charge in [0.05, 0.1) is 32.9 Å². The van der Waals surface area contributed by atoms with E-state index in [4.69, 9.17) is 0 Å². The second kappa shape index (κ2) is 15.2. The van der Waals surface area contributed by atoms with Gasteiger partial charge in [-0.15, -0.1) is 0 Å². The van der Waals surface area contributed by atoms with Gasteiger partial charge >= 0.3 is 0 Å². The highest BCUT2D eigenvalue weighted by Gasteiger charge is 2.54. The molecule has 4 aliphatic rings. The van der Waals surface area contributed by atoms with Crippen LogP contribution in [-0.4, -0.2) is 9.13 Å². The fourth-order valence-corrected chi connectivity index (χ4v) is 17.7. The van der Waals surface area contributed by atoms with Gasteiger partial charge in [0.2, 0.25) is 0 Å². The van der Waals surface area contributed by atoms with E-state index >= 15 is 0 Å². The Hall–Kier alpha value is -10.8. The van der Waals surface area contributed by atoms with Crippen LogP contribution >= 0.6 is 0 Å². The van der Waals surface area contributed by atoms with Gasteiger partial charge in [-0.25, -0.2) is 0 Å². The molecule has 2 spiro atoms. The third kappa shape index (κ3) is 4.91. The first-order valence-electron chi connectivity index (χ1n) is 29.6. The lowest BCUT2D eigenvalue weighted by molar-refractivity contribution is 0.794. The average Bonchev–Trinajstić information content (AvgIpc) is 1.63. The summed E-state index contributed by atoms with van der Waals surface area (Å²) in [5, 5.41) is 15.6. The Kier molecular flexibility index (Phi) is 7.95. The number of rotatable bonds is 2. The zero-order chi connectivity index (χ0) is 54.3. The van der Waals surface area contributed by atoms with Crippen molar-refractivity contribution in [1.82, 2.24) is 9.13 Å². The minimum Gasteiger partial charge on any atom is -0.309 e. The molecule has 0 aliphatic heterocycles. The summed E-state index contributed by atoms with van der Waals surface area (Å²) >= 11 is 0. The smallest absolute Gasteiger partial charge is 0.0726 e. The molecule has 2 heterocycles. The second-order valence-corrected chi connectivity index (χ2v) is 24.0. The molecule has 0 saturated heterocycles. The number of para-hydroxylation sites is 4. The summed E-state index contributed by atoms with van der Waals surface area (Å²) < 4.78 is 4.98. The van der Waals surface area contributed by atoms with E-state index in [1.54, 1.807) is 0 Å². The first-order valence-corrected chi connectivity index (χ1v) is 29.6. The predicted molar refractivity (Wildman–Crippen MR) is 349 cm³/mol. The quantitative estimate of drug-likeness (QED) is 0.121. The Bertz CT molecular complexity index is 5420. The molecule has 4 aliphatic carbocycles. The predicted octanol–water partition coefficient (Wildman–Crippen LogP) is 20.6. The van der Waals surface area contributed by atoms with E-state index < -0.39 is 10.8 Å². The van der Waals surface area contributed by atoms with Crippen molar-refractivity contribution in [2.45, 2.75) is 10.8 Å². The topological polar surface area (TPSA) is 9.86 Å². The van der Waals surface area contributed by atoms with E-state index in [2.05, 4.69) is 288 Å². The van der Waals surface area contributed by atoms with Crippen molar-refractivity contribution in [1.29, 1.82) is 0 Å². The molecule has 2 nitrogen and oxygen atoms in total. The fraction of sp³-hybridized carbons (Fsp3) is 0.0244. The van der Waals surface area contributed by atoms with Crippen LogP contribution < -0.4 is 0 Å². The molecule has 2 atom stereocenters. The highest BCUT2D eigenvalue weighted by Crippen LogP contribution is 2.68. The zero-order valence-electron chi connectivity index (χ0n) is 45.5. The molecule has 84 heavy (non-hydrogen) atoms. The number of nitrogens with zero attached hydrogens (tertiary/aromatic N) is 2. The molecule has 0 fully saturated rings. The Morgan fingerprint density at radius 2 is 0.488 bits per heavy atom. The van der Waals surface area contributed by atoms with Crippen LogP contribution in [0.2, 0.25) is 0 Å². The highest BCUT2D eigenvalue weighted by molar-refractivity contribution is 6.37. The van der Waals surface area contributed by atoms with Crippen molar-refractivity contribution in [3.05, 3.63) is 324 Å². The first-order chi connectivity index (χ1) is 41.7. The van der Waals surface area contributed by atoms with Crippen molar-refractivity contribution in [2.24, 2.45) is 0 Å². The van der Waals surface area contributed by atoms with Crippen LogP contribution in [0.4, 0.5) is 0 Å². The van der Waals surface area contributed by atoms with E-state index in [1.165, 1.54) is 187 Å². The van der Waals surface area contributed by atoms with Gasteiger partial charge in [-0.3, -0.25) is 0 Å². The zero-order valence-corrected chi connectivity index (χ0v) is 45.5.